The molecule has 15 heavy (non-hydrogen) atoms. The Balaban J connectivity index is 1.69. The monoisotopic (exact) mass is 226 g/mol. The quantitative estimate of drug-likeness (QED) is 0.710. The number of nitrogens with one attached hydrogen (secondary N) is 2. The second kappa shape index (κ2) is 4.67. The van der Waals surface area contributed by atoms with Crippen LogP contribution in [0.5, 0.6) is 0 Å². The van der Waals surface area contributed by atoms with Crippen LogP contribution in [0.15, 0.2) is 0 Å². The fraction of sp³-hybridized carbons (Fsp3) is 0.667. The molecule has 1 aromatic rings. The predicted molar refractivity (Wildman–Crippen MR) is 58.0 cm³/mol. The number of carbonyl (C=O) groups excluding carboxylic acids is 1. The van der Waals surface area contributed by atoms with Gasteiger partial charge in [-0.05, 0) is 31.3 Å². The van der Waals surface area contributed by atoms with E-state index in [1.165, 1.54) is 12.8 Å². The number of rotatable bonds is 5. The molecule has 0 bridgehead atoms. The van der Waals surface area contributed by atoms with E-state index in [0.29, 0.717) is 23.2 Å². The van der Waals surface area contributed by atoms with Crippen LogP contribution < -0.4 is 10.6 Å². The Hall–Kier alpha value is -1.01. The maximum atomic E-state index is 11.6. The molecule has 0 aliphatic heterocycles. The standard InChI is InChI=1S/C9H14N4OS/c1-6-8(15-13-12-6)9(14)11-5-4-10-7-2-3-7/h7,10H,2-5H2,1H3,(H,11,14). The van der Waals surface area contributed by atoms with Crippen LogP contribution in [0.1, 0.15) is 28.2 Å². The summed E-state index contributed by atoms with van der Waals surface area (Å²) in [6.07, 6.45) is 2.54. The SMILES string of the molecule is Cc1nnsc1C(=O)NCCNC1CC1. The summed E-state index contributed by atoms with van der Waals surface area (Å²) < 4.78 is 3.72. The van der Waals surface area contributed by atoms with E-state index in [4.69, 9.17) is 0 Å². The van der Waals surface area contributed by atoms with Gasteiger partial charge >= 0.3 is 0 Å². The number of amides is 1. The molecule has 1 heterocycles. The summed E-state index contributed by atoms with van der Waals surface area (Å²) >= 11 is 1.14. The van der Waals surface area contributed by atoms with Crippen molar-refractivity contribution in [3.8, 4) is 0 Å². The smallest absolute Gasteiger partial charge is 0.264 e. The second-order valence-corrected chi connectivity index (χ2v) is 4.43. The van der Waals surface area contributed by atoms with Crippen LogP contribution in [0.4, 0.5) is 0 Å². The van der Waals surface area contributed by atoms with Crippen molar-refractivity contribution in [2.24, 2.45) is 0 Å². The van der Waals surface area contributed by atoms with E-state index in [1.54, 1.807) is 6.92 Å². The molecule has 1 saturated carbocycles. The lowest BCUT2D eigenvalue weighted by Crippen LogP contribution is -2.32. The Morgan fingerprint density at radius 1 is 1.53 bits per heavy atom. The predicted octanol–water partition coefficient (Wildman–Crippen LogP) is 0.328. The van der Waals surface area contributed by atoms with E-state index in [2.05, 4.69) is 20.2 Å². The Labute approximate surface area is 92.4 Å². The molecule has 6 heteroatoms. The van der Waals surface area contributed by atoms with Gasteiger partial charge in [-0.3, -0.25) is 4.79 Å². The Bertz CT molecular complexity index is 348. The highest BCUT2D eigenvalue weighted by Gasteiger charge is 2.19. The molecule has 0 spiro atoms. The van der Waals surface area contributed by atoms with E-state index in [-0.39, 0.29) is 5.91 Å². The van der Waals surface area contributed by atoms with Gasteiger partial charge in [-0.1, -0.05) is 4.49 Å². The largest absolute Gasteiger partial charge is 0.350 e. The Morgan fingerprint density at radius 3 is 2.93 bits per heavy atom. The fourth-order valence-corrected chi connectivity index (χ4v) is 1.83. The van der Waals surface area contributed by atoms with Crippen molar-refractivity contribution in [2.45, 2.75) is 25.8 Å². The lowest BCUT2D eigenvalue weighted by atomic mass is 10.4. The van der Waals surface area contributed by atoms with Gasteiger partial charge in [-0.2, -0.15) is 0 Å². The first-order chi connectivity index (χ1) is 7.27. The summed E-state index contributed by atoms with van der Waals surface area (Å²) in [5.74, 6) is -0.0694. The minimum atomic E-state index is -0.0694. The first kappa shape index (κ1) is 10.5. The number of aryl methyl sites for hydroxylation is 1. The maximum Gasteiger partial charge on any atom is 0.264 e. The van der Waals surface area contributed by atoms with Gasteiger partial charge in [-0.15, -0.1) is 5.10 Å². The highest BCUT2D eigenvalue weighted by Crippen LogP contribution is 2.17. The summed E-state index contributed by atoms with van der Waals surface area (Å²) in [5, 5.41) is 9.96. The molecule has 1 aliphatic carbocycles. The Morgan fingerprint density at radius 2 is 2.33 bits per heavy atom. The van der Waals surface area contributed by atoms with Crippen molar-refractivity contribution >= 4 is 17.4 Å². The molecule has 0 saturated heterocycles. The zero-order valence-electron chi connectivity index (χ0n) is 8.62. The summed E-state index contributed by atoms with van der Waals surface area (Å²) in [6.45, 7) is 3.29. The van der Waals surface area contributed by atoms with Gasteiger partial charge in [-0.25, -0.2) is 0 Å². The molecule has 0 radical (unpaired) electrons. The molecule has 82 valence electrons. The van der Waals surface area contributed by atoms with E-state index < -0.39 is 0 Å². The minimum Gasteiger partial charge on any atom is -0.350 e. The topological polar surface area (TPSA) is 66.9 Å². The van der Waals surface area contributed by atoms with Crippen LogP contribution in [0, 0.1) is 6.92 Å². The van der Waals surface area contributed by atoms with Gasteiger partial charge in [0.15, 0.2) is 0 Å². The molecule has 1 aromatic heterocycles. The molecular weight excluding hydrogens is 212 g/mol. The molecule has 1 amide bonds. The van der Waals surface area contributed by atoms with E-state index >= 15 is 0 Å². The summed E-state index contributed by atoms with van der Waals surface area (Å²) in [7, 11) is 0. The van der Waals surface area contributed by atoms with Crippen LogP contribution in [-0.2, 0) is 0 Å². The zero-order chi connectivity index (χ0) is 10.7. The van der Waals surface area contributed by atoms with Gasteiger partial charge < -0.3 is 10.6 Å². The highest BCUT2D eigenvalue weighted by molar-refractivity contribution is 7.07. The molecule has 0 unspecified atom stereocenters. The first-order valence-corrected chi connectivity index (χ1v) is 5.85. The van der Waals surface area contributed by atoms with Crippen molar-refractivity contribution in [1.29, 1.82) is 0 Å². The average molecular weight is 226 g/mol. The van der Waals surface area contributed by atoms with Crippen molar-refractivity contribution in [3.63, 3.8) is 0 Å². The normalized spacial score (nSPS) is 15.3. The number of carbonyl (C=O) groups is 1. The highest BCUT2D eigenvalue weighted by atomic mass is 32.1. The van der Waals surface area contributed by atoms with E-state index in [9.17, 15) is 4.79 Å². The molecule has 2 rings (SSSR count). The summed E-state index contributed by atoms with van der Waals surface area (Å²) in [4.78, 5) is 12.2. The van der Waals surface area contributed by atoms with E-state index in [1.807, 2.05) is 0 Å². The van der Waals surface area contributed by atoms with Crippen LogP contribution >= 0.6 is 11.5 Å². The number of hydrogen-bond acceptors (Lipinski definition) is 5. The van der Waals surface area contributed by atoms with Crippen LogP contribution in [0.2, 0.25) is 0 Å². The summed E-state index contributed by atoms with van der Waals surface area (Å²) in [6, 6.07) is 0.689. The lowest BCUT2D eigenvalue weighted by Gasteiger charge is -2.04. The van der Waals surface area contributed by atoms with Gasteiger partial charge in [0.1, 0.15) is 4.88 Å². The van der Waals surface area contributed by atoms with Gasteiger partial charge in [0, 0.05) is 19.1 Å². The average Bonchev–Trinajstić information content (AvgIpc) is 2.94. The fourth-order valence-electron chi connectivity index (χ4n) is 1.26. The molecular formula is C9H14N4OS. The molecule has 0 aromatic carbocycles. The van der Waals surface area contributed by atoms with Crippen LogP contribution in [0.3, 0.4) is 0 Å². The van der Waals surface area contributed by atoms with Crippen molar-refractivity contribution in [3.05, 3.63) is 10.6 Å². The van der Waals surface area contributed by atoms with Gasteiger partial charge in [0.05, 0.1) is 5.69 Å². The van der Waals surface area contributed by atoms with Crippen LogP contribution in [0.25, 0.3) is 0 Å². The van der Waals surface area contributed by atoms with Crippen molar-refractivity contribution in [1.82, 2.24) is 20.2 Å². The number of nitrogens with zero attached hydrogens (tertiary/aromatic N) is 2. The Kier molecular flexibility index (Phi) is 3.27. The van der Waals surface area contributed by atoms with E-state index in [0.717, 1.165) is 18.1 Å². The molecule has 2 N–H and O–H groups in total. The van der Waals surface area contributed by atoms with Gasteiger partial charge in [0.25, 0.3) is 5.91 Å². The third kappa shape index (κ3) is 2.97. The van der Waals surface area contributed by atoms with Gasteiger partial charge in [0.2, 0.25) is 0 Å². The van der Waals surface area contributed by atoms with Crippen molar-refractivity contribution < 1.29 is 4.79 Å². The third-order valence-electron chi connectivity index (χ3n) is 2.28. The third-order valence-corrected chi connectivity index (χ3v) is 3.11. The molecule has 1 fully saturated rings. The zero-order valence-corrected chi connectivity index (χ0v) is 9.43. The summed E-state index contributed by atoms with van der Waals surface area (Å²) in [5.41, 5.74) is 0.702. The number of aromatic nitrogens is 2. The minimum absolute atomic E-state index is 0.0694. The maximum absolute atomic E-state index is 11.6. The molecule has 0 atom stereocenters. The van der Waals surface area contributed by atoms with Crippen molar-refractivity contribution in [2.75, 3.05) is 13.1 Å². The first-order valence-electron chi connectivity index (χ1n) is 5.08. The second-order valence-electron chi connectivity index (χ2n) is 3.67. The lowest BCUT2D eigenvalue weighted by molar-refractivity contribution is 0.0957. The molecule has 5 nitrogen and oxygen atoms in total. The number of hydrogen-bond donors (Lipinski definition) is 2. The van der Waals surface area contributed by atoms with Crippen LogP contribution in [-0.4, -0.2) is 34.6 Å². The molecule has 1 aliphatic rings.